The van der Waals surface area contributed by atoms with E-state index in [4.69, 9.17) is 4.74 Å². The van der Waals surface area contributed by atoms with Gasteiger partial charge in [-0.15, -0.1) is 0 Å². The fourth-order valence-corrected chi connectivity index (χ4v) is 6.96. The van der Waals surface area contributed by atoms with Crippen molar-refractivity contribution in [2.75, 3.05) is 6.61 Å². The summed E-state index contributed by atoms with van der Waals surface area (Å²) in [6.07, 6.45) is 54.2. The van der Waals surface area contributed by atoms with Crippen molar-refractivity contribution < 1.29 is 24.5 Å². The predicted molar refractivity (Wildman–Crippen MR) is 245 cm³/mol. The Morgan fingerprint density at radius 1 is 0.544 bits per heavy atom. The van der Waals surface area contributed by atoms with Crippen LogP contribution in [-0.4, -0.2) is 46.9 Å². The summed E-state index contributed by atoms with van der Waals surface area (Å²) in [4.78, 5) is 26.0. The lowest BCUT2D eigenvalue weighted by Crippen LogP contribution is -2.46. The second-order valence-electron chi connectivity index (χ2n) is 16.2. The van der Waals surface area contributed by atoms with Crippen LogP contribution < -0.4 is 5.32 Å². The molecule has 1 amide bonds. The number of rotatable bonds is 42. The molecule has 3 N–H and O–H groups in total. The average molecular weight is 798 g/mol. The predicted octanol–water partition coefficient (Wildman–Crippen LogP) is 14.1. The minimum atomic E-state index is -0.795. The SMILES string of the molecule is CC/C=C/C/C=C/C/C=C/CCCCCCCCC(=O)OC(CCCCCC/C=C/C=C/CCCCC)CC(=O)NC(CO)C(O)CCCCCCCCCCC. The summed E-state index contributed by atoms with van der Waals surface area (Å²) < 4.78 is 5.90. The summed E-state index contributed by atoms with van der Waals surface area (Å²) in [5, 5.41) is 23.6. The third-order valence-electron chi connectivity index (χ3n) is 10.6. The molecule has 0 aromatic carbocycles. The summed E-state index contributed by atoms with van der Waals surface area (Å²) in [6, 6.07) is -0.710. The van der Waals surface area contributed by atoms with Gasteiger partial charge < -0.3 is 20.3 Å². The molecule has 0 aromatic rings. The van der Waals surface area contributed by atoms with Gasteiger partial charge in [-0.3, -0.25) is 9.59 Å². The Kier molecular flexibility index (Phi) is 42.7. The largest absolute Gasteiger partial charge is 0.462 e. The van der Waals surface area contributed by atoms with Crippen LogP contribution >= 0.6 is 0 Å². The summed E-state index contributed by atoms with van der Waals surface area (Å²) >= 11 is 0. The van der Waals surface area contributed by atoms with Crippen LogP contribution in [0.3, 0.4) is 0 Å². The standard InChI is InChI=1S/C51H91NO5/c1-4-7-10-13-16-19-21-23-24-25-27-29-32-35-38-41-44-51(56)57-47(42-39-36-33-31-28-26-22-20-17-14-11-8-5-2)45-50(55)52-48(46-53)49(54)43-40-37-34-30-18-15-12-9-6-3/h7,10,16-17,19-20,22-24,26,47-49,53-54H,4-6,8-9,11-15,18,21,25,27-46H2,1-3H3,(H,52,55)/b10-7+,19-16+,20-17+,24-23+,26-22+. The van der Waals surface area contributed by atoms with Crippen LogP contribution in [0.2, 0.25) is 0 Å². The zero-order chi connectivity index (χ0) is 41.7. The van der Waals surface area contributed by atoms with Crippen molar-refractivity contribution in [3.8, 4) is 0 Å². The number of aliphatic hydroxyl groups is 2. The number of nitrogens with one attached hydrogen (secondary N) is 1. The Balaban J connectivity index is 4.64. The molecule has 0 radical (unpaired) electrons. The molecule has 0 aliphatic carbocycles. The van der Waals surface area contributed by atoms with Crippen molar-refractivity contribution >= 4 is 11.9 Å². The van der Waals surface area contributed by atoms with Crippen molar-refractivity contribution in [1.29, 1.82) is 0 Å². The van der Waals surface area contributed by atoms with E-state index in [-0.39, 0.29) is 24.9 Å². The fourth-order valence-electron chi connectivity index (χ4n) is 6.96. The molecule has 0 heterocycles. The number of hydrogen-bond donors (Lipinski definition) is 3. The summed E-state index contributed by atoms with van der Waals surface area (Å²) in [7, 11) is 0. The van der Waals surface area contributed by atoms with Crippen LogP contribution in [0.15, 0.2) is 60.8 Å². The summed E-state index contributed by atoms with van der Waals surface area (Å²) in [6.45, 7) is 6.30. The van der Waals surface area contributed by atoms with Crippen molar-refractivity contribution in [3.63, 3.8) is 0 Å². The van der Waals surface area contributed by atoms with Gasteiger partial charge in [-0.05, 0) is 83.5 Å². The van der Waals surface area contributed by atoms with Gasteiger partial charge in [0.2, 0.25) is 5.91 Å². The number of amides is 1. The number of aliphatic hydroxyl groups excluding tert-OH is 2. The molecule has 0 spiro atoms. The molecule has 330 valence electrons. The maximum atomic E-state index is 13.1. The third kappa shape index (κ3) is 40.1. The van der Waals surface area contributed by atoms with E-state index >= 15 is 0 Å². The molecule has 3 unspecified atom stereocenters. The Morgan fingerprint density at radius 3 is 1.58 bits per heavy atom. The molecule has 0 saturated carbocycles. The quantitative estimate of drug-likeness (QED) is 0.0247. The first kappa shape index (κ1) is 54.6. The van der Waals surface area contributed by atoms with Crippen LogP contribution in [0.1, 0.15) is 226 Å². The number of carbonyl (C=O) groups is 2. The normalized spacial score (nSPS) is 13.8. The molecule has 0 aliphatic heterocycles. The molecule has 0 rings (SSSR count). The lowest BCUT2D eigenvalue weighted by atomic mass is 10.0. The zero-order valence-corrected chi connectivity index (χ0v) is 37.5. The molecule has 0 bridgehead atoms. The number of carbonyl (C=O) groups excluding carboxylic acids is 2. The highest BCUT2D eigenvalue weighted by Crippen LogP contribution is 2.17. The smallest absolute Gasteiger partial charge is 0.306 e. The Labute approximate surface area is 352 Å². The first-order chi connectivity index (χ1) is 28.0. The van der Waals surface area contributed by atoms with Crippen molar-refractivity contribution in [2.45, 2.75) is 244 Å². The molecule has 57 heavy (non-hydrogen) atoms. The maximum Gasteiger partial charge on any atom is 0.306 e. The van der Waals surface area contributed by atoms with E-state index in [0.717, 1.165) is 103 Å². The van der Waals surface area contributed by atoms with Gasteiger partial charge in [0.25, 0.3) is 0 Å². The first-order valence-electron chi connectivity index (χ1n) is 24.0. The second-order valence-corrected chi connectivity index (χ2v) is 16.2. The molecule has 6 heteroatoms. The second kappa shape index (κ2) is 44.7. The lowest BCUT2D eigenvalue weighted by Gasteiger charge is -2.24. The van der Waals surface area contributed by atoms with E-state index < -0.39 is 18.2 Å². The van der Waals surface area contributed by atoms with Gasteiger partial charge in [-0.2, -0.15) is 0 Å². The van der Waals surface area contributed by atoms with Gasteiger partial charge in [0, 0.05) is 6.42 Å². The molecule has 0 aromatic heterocycles. The van der Waals surface area contributed by atoms with Gasteiger partial charge in [0.05, 0.1) is 25.2 Å². The highest BCUT2D eigenvalue weighted by molar-refractivity contribution is 5.77. The molecule has 3 atom stereocenters. The number of hydrogen-bond acceptors (Lipinski definition) is 5. The molecule has 6 nitrogen and oxygen atoms in total. The van der Waals surface area contributed by atoms with E-state index in [9.17, 15) is 19.8 Å². The summed E-state index contributed by atoms with van der Waals surface area (Å²) in [5.41, 5.74) is 0. The van der Waals surface area contributed by atoms with Crippen molar-refractivity contribution in [1.82, 2.24) is 5.32 Å². The van der Waals surface area contributed by atoms with Crippen molar-refractivity contribution in [3.05, 3.63) is 60.8 Å². The van der Waals surface area contributed by atoms with Crippen LogP contribution in [-0.2, 0) is 14.3 Å². The average Bonchev–Trinajstić information content (AvgIpc) is 3.20. The molecular weight excluding hydrogens is 707 g/mol. The highest BCUT2D eigenvalue weighted by Gasteiger charge is 2.24. The van der Waals surface area contributed by atoms with Crippen LogP contribution in [0.4, 0.5) is 0 Å². The van der Waals surface area contributed by atoms with Gasteiger partial charge in [0.15, 0.2) is 0 Å². The topological polar surface area (TPSA) is 95.9 Å². The monoisotopic (exact) mass is 798 g/mol. The minimum absolute atomic E-state index is 0.0569. The molecular formula is C51H91NO5. The first-order valence-corrected chi connectivity index (χ1v) is 24.0. The van der Waals surface area contributed by atoms with Gasteiger partial charge in [0.1, 0.15) is 6.10 Å². The van der Waals surface area contributed by atoms with E-state index in [1.54, 1.807) is 0 Å². The zero-order valence-electron chi connectivity index (χ0n) is 37.5. The maximum absolute atomic E-state index is 13.1. The van der Waals surface area contributed by atoms with Gasteiger partial charge >= 0.3 is 5.97 Å². The lowest BCUT2D eigenvalue weighted by molar-refractivity contribution is -0.151. The molecule has 0 saturated heterocycles. The Bertz CT molecular complexity index is 1030. The van der Waals surface area contributed by atoms with Crippen LogP contribution in [0.25, 0.3) is 0 Å². The minimum Gasteiger partial charge on any atom is -0.462 e. The third-order valence-corrected chi connectivity index (χ3v) is 10.6. The van der Waals surface area contributed by atoms with E-state index in [1.165, 1.54) is 77.0 Å². The Hall–Kier alpha value is -2.44. The number of esters is 1. The van der Waals surface area contributed by atoms with Crippen LogP contribution in [0.5, 0.6) is 0 Å². The van der Waals surface area contributed by atoms with Crippen molar-refractivity contribution in [2.24, 2.45) is 0 Å². The summed E-state index contributed by atoms with van der Waals surface area (Å²) in [5.74, 6) is -0.512. The Morgan fingerprint density at radius 2 is 1.00 bits per heavy atom. The van der Waals surface area contributed by atoms with Crippen LogP contribution in [0, 0.1) is 0 Å². The number of allylic oxidation sites excluding steroid dienone is 10. The highest BCUT2D eigenvalue weighted by atomic mass is 16.5. The van der Waals surface area contributed by atoms with E-state index in [1.807, 2.05) is 0 Å². The van der Waals surface area contributed by atoms with E-state index in [2.05, 4.69) is 86.8 Å². The van der Waals surface area contributed by atoms with Gasteiger partial charge in [-0.25, -0.2) is 0 Å². The number of ether oxygens (including phenoxy) is 1. The fraction of sp³-hybridized carbons (Fsp3) is 0.765. The molecule has 0 aliphatic rings. The number of unbranched alkanes of at least 4 members (excludes halogenated alkanes) is 21. The molecule has 0 fully saturated rings. The van der Waals surface area contributed by atoms with Gasteiger partial charge in [-0.1, -0.05) is 191 Å². The van der Waals surface area contributed by atoms with E-state index in [0.29, 0.717) is 19.3 Å².